The second-order valence-electron chi connectivity index (χ2n) is 7.82. The first-order valence-electron chi connectivity index (χ1n) is 9.38. The van der Waals surface area contributed by atoms with Crippen LogP contribution in [0.4, 0.5) is 0 Å². The first kappa shape index (κ1) is 20.0. The topological polar surface area (TPSA) is 0 Å². The summed E-state index contributed by atoms with van der Waals surface area (Å²) < 4.78 is 0. The lowest BCUT2D eigenvalue weighted by Gasteiger charge is -2.40. The van der Waals surface area contributed by atoms with E-state index >= 15 is 0 Å². The van der Waals surface area contributed by atoms with Gasteiger partial charge < -0.3 is 0 Å². The zero-order valence-electron chi connectivity index (χ0n) is 15.7. The number of rotatable bonds is 11. The van der Waals surface area contributed by atoms with Crippen LogP contribution < -0.4 is 0 Å². The van der Waals surface area contributed by atoms with E-state index in [2.05, 4.69) is 55.4 Å². The molecule has 20 heavy (non-hydrogen) atoms. The molecule has 0 nitrogen and oxygen atoms in total. The van der Waals surface area contributed by atoms with Gasteiger partial charge in [-0.3, -0.25) is 0 Å². The summed E-state index contributed by atoms with van der Waals surface area (Å²) in [6.07, 6.45) is 8.33. The molecule has 0 bridgehead atoms. The molecule has 0 saturated heterocycles. The molecule has 0 fully saturated rings. The van der Waals surface area contributed by atoms with Gasteiger partial charge in [0.05, 0.1) is 0 Å². The monoisotopic (exact) mass is 282 g/mol. The fourth-order valence-electron chi connectivity index (χ4n) is 4.16. The molecule has 0 heteroatoms. The summed E-state index contributed by atoms with van der Waals surface area (Å²) in [5.74, 6) is 5.31. The highest BCUT2D eigenvalue weighted by Gasteiger charge is 2.33. The van der Waals surface area contributed by atoms with Crippen molar-refractivity contribution in [2.45, 2.75) is 93.9 Å². The lowest BCUT2D eigenvalue weighted by atomic mass is 9.65. The molecule has 0 aliphatic heterocycles. The van der Waals surface area contributed by atoms with Crippen LogP contribution in [0.3, 0.4) is 0 Å². The van der Waals surface area contributed by atoms with Gasteiger partial charge in [-0.05, 0) is 41.9 Å². The minimum absolute atomic E-state index is 0.826. The molecule has 0 aromatic heterocycles. The SMILES string of the molecule is CCCC(CCC)C(C(C)C)C(CC(C)CC)C(C)C. The fraction of sp³-hybridized carbons (Fsp3) is 1.00. The van der Waals surface area contributed by atoms with E-state index in [1.54, 1.807) is 0 Å². The average Bonchev–Trinajstić information content (AvgIpc) is 2.37. The molecule has 0 rings (SSSR count). The first-order valence-corrected chi connectivity index (χ1v) is 9.38. The van der Waals surface area contributed by atoms with E-state index in [4.69, 9.17) is 0 Å². The minimum atomic E-state index is 0.826. The highest BCUT2D eigenvalue weighted by atomic mass is 14.4. The van der Waals surface area contributed by atoms with Gasteiger partial charge in [-0.15, -0.1) is 0 Å². The van der Waals surface area contributed by atoms with Gasteiger partial charge in [-0.2, -0.15) is 0 Å². The van der Waals surface area contributed by atoms with E-state index in [0.717, 1.165) is 35.5 Å². The van der Waals surface area contributed by atoms with Crippen LogP contribution in [0.25, 0.3) is 0 Å². The highest BCUT2D eigenvalue weighted by Crippen LogP contribution is 2.41. The Morgan fingerprint density at radius 2 is 1.20 bits per heavy atom. The third-order valence-corrected chi connectivity index (χ3v) is 5.36. The Labute approximate surface area is 130 Å². The van der Waals surface area contributed by atoms with E-state index in [1.807, 2.05) is 0 Å². The lowest BCUT2D eigenvalue weighted by molar-refractivity contribution is 0.0917. The second kappa shape index (κ2) is 10.7. The largest absolute Gasteiger partial charge is 0.0654 e. The smallest absolute Gasteiger partial charge is 0.0332 e. The molecule has 122 valence electrons. The Morgan fingerprint density at radius 1 is 0.700 bits per heavy atom. The third kappa shape index (κ3) is 6.64. The van der Waals surface area contributed by atoms with E-state index < -0.39 is 0 Å². The maximum atomic E-state index is 2.47. The zero-order chi connectivity index (χ0) is 15.7. The molecule has 0 N–H and O–H groups in total. The summed E-state index contributed by atoms with van der Waals surface area (Å²) in [6, 6.07) is 0. The van der Waals surface area contributed by atoms with Crippen LogP contribution in [-0.2, 0) is 0 Å². The summed E-state index contributed by atoms with van der Waals surface area (Å²) in [6.45, 7) is 19.4. The standard InChI is InChI=1S/C20H42/c1-9-12-18(13-10-2)20(16(6)7)19(15(4)5)14-17(8)11-3/h15-20H,9-14H2,1-8H3. The van der Waals surface area contributed by atoms with Crippen LogP contribution in [0.2, 0.25) is 0 Å². The Bertz CT molecular complexity index is 210. The van der Waals surface area contributed by atoms with Crippen molar-refractivity contribution >= 4 is 0 Å². The van der Waals surface area contributed by atoms with Gasteiger partial charge in [0.15, 0.2) is 0 Å². The lowest BCUT2D eigenvalue weighted by Crippen LogP contribution is -2.32. The van der Waals surface area contributed by atoms with Crippen molar-refractivity contribution in [3.63, 3.8) is 0 Å². The van der Waals surface area contributed by atoms with Crippen LogP contribution in [0, 0.1) is 35.5 Å². The number of hydrogen-bond acceptors (Lipinski definition) is 0. The molecule has 0 aliphatic carbocycles. The molecule has 0 aromatic rings. The predicted octanol–water partition coefficient (Wildman–Crippen LogP) is 7.18. The van der Waals surface area contributed by atoms with Gasteiger partial charge in [0.1, 0.15) is 0 Å². The molecule has 0 aliphatic rings. The van der Waals surface area contributed by atoms with Gasteiger partial charge in [0.25, 0.3) is 0 Å². The van der Waals surface area contributed by atoms with Crippen molar-refractivity contribution in [3.05, 3.63) is 0 Å². The maximum Gasteiger partial charge on any atom is -0.0332 e. The number of hydrogen-bond donors (Lipinski definition) is 0. The molecule has 0 saturated carbocycles. The average molecular weight is 283 g/mol. The van der Waals surface area contributed by atoms with Gasteiger partial charge in [-0.1, -0.05) is 87.5 Å². The van der Waals surface area contributed by atoms with Crippen LogP contribution in [0.1, 0.15) is 93.9 Å². The second-order valence-corrected chi connectivity index (χ2v) is 7.82. The molecule has 0 heterocycles. The first-order chi connectivity index (χ1) is 9.38. The third-order valence-electron chi connectivity index (χ3n) is 5.36. The molecular weight excluding hydrogens is 240 g/mol. The summed E-state index contributed by atoms with van der Waals surface area (Å²) in [5, 5.41) is 0. The van der Waals surface area contributed by atoms with Crippen molar-refractivity contribution in [2.75, 3.05) is 0 Å². The molecule has 3 atom stereocenters. The summed E-state index contributed by atoms with van der Waals surface area (Å²) in [7, 11) is 0. The van der Waals surface area contributed by atoms with Crippen LogP contribution >= 0.6 is 0 Å². The Morgan fingerprint density at radius 3 is 1.50 bits per heavy atom. The maximum absolute atomic E-state index is 2.47. The highest BCUT2D eigenvalue weighted by molar-refractivity contribution is 4.82. The zero-order valence-corrected chi connectivity index (χ0v) is 15.7. The molecule has 0 aromatic carbocycles. The van der Waals surface area contributed by atoms with Gasteiger partial charge in [-0.25, -0.2) is 0 Å². The van der Waals surface area contributed by atoms with Crippen LogP contribution in [0.5, 0.6) is 0 Å². The molecule has 0 radical (unpaired) electrons. The minimum Gasteiger partial charge on any atom is -0.0654 e. The van der Waals surface area contributed by atoms with E-state index in [9.17, 15) is 0 Å². The van der Waals surface area contributed by atoms with Crippen molar-refractivity contribution in [1.29, 1.82) is 0 Å². The predicted molar refractivity (Wildman–Crippen MR) is 94.0 cm³/mol. The van der Waals surface area contributed by atoms with Gasteiger partial charge in [0.2, 0.25) is 0 Å². The Hall–Kier alpha value is 0. The van der Waals surface area contributed by atoms with E-state index in [1.165, 1.54) is 38.5 Å². The summed E-state index contributed by atoms with van der Waals surface area (Å²) >= 11 is 0. The Balaban J connectivity index is 5.12. The molecule has 0 amide bonds. The van der Waals surface area contributed by atoms with E-state index in [-0.39, 0.29) is 0 Å². The van der Waals surface area contributed by atoms with Gasteiger partial charge >= 0.3 is 0 Å². The van der Waals surface area contributed by atoms with E-state index in [0.29, 0.717) is 0 Å². The van der Waals surface area contributed by atoms with Crippen LogP contribution in [0.15, 0.2) is 0 Å². The fourth-order valence-corrected chi connectivity index (χ4v) is 4.16. The summed E-state index contributed by atoms with van der Waals surface area (Å²) in [4.78, 5) is 0. The molecular formula is C20H42. The molecule has 0 spiro atoms. The van der Waals surface area contributed by atoms with Crippen molar-refractivity contribution in [2.24, 2.45) is 35.5 Å². The molecule has 3 unspecified atom stereocenters. The Kier molecular flexibility index (Phi) is 10.7. The summed E-state index contributed by atoms with van der Waals surface area (Å²) in [5.41, 5.74) is 0. The van der Waals surface area contributed by atoms with Crippen molar-refractivity contribution < 1.29 is 0 Å². The van der Waals surface area contributed by atoms with Crippen molar-refractivity contribution in [1.82, 2.24) is 0 Å². The normalized spacial score (nSPS) is 16.9. The quantitative estimate of drug-likeness (QED) is 0.376. The van der Waals surface area contributed by atoms with Gasteiger partial charge in [0, 0.05) is 0 Å². The van der Waals surface area contributed by atoms with Crippen molar-refractivity contribution in [3.8, 4) is 0 Å². The van der Waals surface area contributed by atoms with Crippen LogP contribution in [-0.4, -0.2) is 0 Å².